The Kier molecular flexibility index (Phi) is 4.07. The predicted octanol–water partition coefficient (Wildman–Crippen LogP) is 2.90. The molecule has 5 nitrogen and oxygen atoms in total. The Bertz CT molecular complexity index is 827. The van der Waals surface area contributed by atoms with Crippen LogP contribution in [0.25, 0.3) is 11.0 Å². The van der Waals surface area contributed by atoms with Gasteiger partial charge < -0.3 is 10.6 Å². The molecule has 1 fully saturated rings. The molecule has 0 saturated carbocycles. The van der Waals surface area contributed by atoms with Gasteiger partial charge in [-0.05, 0) is 12.3 Å². The highest BCUT2D eigenvalue weighted by Gasteiger charge is 2.40. The van der Waals surface area contributed by atoms with Crippen molar-refractivity contribution in [3.8, 4) is 0 Å². The van der Waals surface area contributed by atoms with Gasteiger partial charge in [0.15, 0.2) is 22.6 Å². The standard InChI is InChI=1S/C16H17ClF2N4O/c1-16(2,15(20)24)8-3-4-23(7-8)14-13(17)21-11-5-9(18)10(19)6-12(11)22-14/h5-6,8H,3-4,7H2,1-2H3,(H2,20,24)/t8-/m1/s1. The maximum Gasteiger partial charge on any atom is 0.223 e. The van der Waals surface area contributed by atoms with Crippen molar-refractivity contribution in [2.45, 2.75) is 20.3 Å². The molecule has 2 N–H and O–H groups in total. The van der Waals surface area contributed by atoms with Crippen LogP contribution in [-0.2, 0) is 4.79 Å². The second-order valence-corrected chi connectivity index (χ2v) is 6.97. The monoisotopic (exact) mass is 354 g/mol. The molecular weight excluding hydrogens is 338 g/mol. The SMILES string of the molecule is CC(C)(C(N)=O)[C@@H]1CCN(c2nc3cc(F)c(F)cc3nc2Cl)C1. The van der Waals surface area contributed by atoms with Crippen LogP contribution in [0.15, 0.2) is 12.1 Å². The van der Waals surface area contributed by atoms with Gasteiger partial charge in [0.2, 0.25) is 5.91 Å². The number of hydrogen-bond donors (Lipinski definition) is 1. The largest absolute Gasteiger partial charge is 0.369 e. The van der Waals surface area contributed by atoms with Crippen LogP contribution in [0.1, 0.15) is 20.3 Å². The van der Waals surface area contributed by atoms with E-state index in [1.807, 2.05) is 18.7 Å². The molecule has 128 valence electrons. The van der Waals surface area contributed by atoms with E-state index in [9.17, 15) is 13.6 Å². The molecule has 3 rings (SSSR count). The average molecular weight is 355 g/mol. The fourth-order valence-electron chi connectivity index (χ4n) is 2.96. The Balaban J connectivity index is 1.94. The van der Waals surface area contributed by atoms with Gasteiger partial charge in [0, 0.05) is 30.6 Å². The van der Waals surface area contributed by atoms with Gasteiger partial charge in [-0.1, -0.05) is 25.4 Å². The summed E-state index contributed by atoms with van der Waals surface area (Å²) in [7, 11) is 0. The Hall–Kier alpha value is -2.02. The topological polar surface area (TPSA) is 72.1 Å². The first-order chi connectivity index (χ1) is 11.2. The number of hydrogen-bond acceptors (Lipinski definition) is 4. The fourth-order valence-corrected chi connectivity index (χ4v) is 3.22. The van der Waals surface area contributed by atoms with Gasteiger partial charge in [0.05, 0.1) is 11.0 Å². The summed E-state index contributed by atoms with van der Waals surface area (Å²) in [5.74, 6) is -1.89. The van der Waals surface area contributed by atoms with Crippen molar-refractivity contribution in [3.05, 3.63) is 28.9 Å². The highest BCUT2D eigenvalue weighted by atomic mass is 35.5. The first kappa shape index (κ1) is 16.8. The zero-order valence-corrected chi connectivity index (χ0v) is 14.1. The summed E-state index contributed by atoms with van der Waals surface area (Å²) in [5.41, 5.74) is 5.25. The molecular formula is C16H17ClF2N4O. The second-order valence-electron chi connectivity index (χ2n) is 6.61. The zero-order chi connectivity index (χ0) is 17.6. The Labute approximate surface area is 142 Å². The molecule has 1 aromatic heterocycles. The number of rotatable bonds is 3. The van der Waals surface area contributed by atoms with E-state index in [4.69, 9.17) is 17.3 Å². The summed E-state index contributed by atoms with van der Waals surface area (Å²) >= 11 is 6.18. The molecule has 1 aromatic carbocycles. The van der Waals surface area contributed by atoms with Crippen molar-refractivity contribution in [2.24, 2.45) is 17.1 Å². The molecule has 1 atom stereocenters. The molecule has 1 aliphatic rings. The number of primary amides is 1. The number of aromatic nitrogens is 2. The fraction of sp³-hybridized carbons (Fsp3) is 0.438. The van der Waals surface area contributed by atoms with Gasteiger partial charge in [-0.3, -0.25) is 4.79 Å². The molecule has 1 saturated heterocycles. The summed E-state index contributed by atoms with van der Waals surface area (Å²) in [6.07, 6.45) is 0.754. The highest BCUT2D eigenvalue weighted by Crippen LogP contribution is 2.37. The van der Waals surface area contributed by atoms with Crippen molar-refractivity contribution in [1.29, 1.82) is 0 Å². The molecule has 8 heteroatoms. The van der Waals surface area contributed by atoms with Crippen molar-refractivity contribution >= 4 is 34.4 Å². The smallest absolute Gasteiger partial charge is 0.223 e. The van der Waals surface area contributed by atoms with Gasteiger partial charge in [-0.15, -0.1) is 0 Å². The van der Waals surface area contributed by atoms with Crippen LogP contribution in [-0.4, -0.2) is 29.0 Å². The Morgan fingerprint density at radius 3 is 2.46 bits per heavy atom. The maximum atomic E-state index is 13.4. The number of amides is 1. The minimum Gasteiger partial charge on any atom is -0.369 e. The molecule has 2 aromatic rings. The average Bonchev–Trinajstić information content (AvgIpc) is 2.98. The molecule has 1 aliphatic heterocycles. The van der Waals surface area contributed by atoms with E-state index in [1.165, 1.54) is 0 Å². The minimum atomic E-state index is -0.995. The number of nitrogens with two attached hydrogens (primary N) is 1. The van der Waals surface area contributed by atoms with E-state index < -0.39 is 17.0 Å². The first-order valence-corrected chi connectivity index (χ1v) is 7.95. The molecule has 0 unspecified atom stereocenters. The molecule has 1 amide bonds. The quantitative estimate of drug-likeness (QED) is 0.919. The van der Waals surface area contributed by atoms with Gasteiger partial charge in [0.25, 0.3) is 0 Å². The van der Waals surface area contributed by atoms with E-state index in [0.29, 0.717) is 18.9 Å². The van der Waals surface area contributed by atoms with Crippen LogP contribution in [0, 0.1) is 23.0 Å². The van der Waals surface area contributed by atoms with Crippen LogP contribution in [0.5, 0.6) is 0 Å². The lowest BCUT2D eigenvalue weighted by Crippen LogP contribution is -2.39. The summed E-state index contributed by atoms with van der Waals surface area (Å²) in [5, 5.41) is 0.117. The minimum absolute atomic E-state index is 0.0496. The predicted molar refractivity (Wildman–Crippen MR) is 87.8 cm³/mol. The number of carbonyl (C=O) groups is 1. The zero-order valence-electron chi connectivity index (χ0n) is 13.3. The molecule has 0 spiro atoms. The van der Waals surface area contributed by atoms with Crippen molar-refractivity contribution < 1.29 is 13.6 Å². The van der Waals surface area contributed by atoms with Gasteiger partial charge in [-0.2, -0.15) is 0 Å². The second kappa shape index (κ2) is 5.81. The van der Waals surface area contributed by atoms with E-state index in [-0.39, 0.29) is 28.0 Å². The summed E-state index contributed by atoms with van der Waals surface area (Å²) < 4.78 is 26.7. The Morgan fingerprint density at radius 2 is 1.88 bits per heavy atom. The summed E-state index contributed by atoms with van der Waals surface area (Å²) in [6, 6.07) is 1.97. The number of benzene rings is 1. The number of anilines is 1. The number of halogens is 3. The van der Waals surface area contributed by atoms with Crippen LogP contribution in [0.2, 0.25) is 5.15 Å². The number of fused-ring (bicyclic) bond motifs is 1. The normalized spacial score (nSPS) is 18.4. The molecule has 0 bridgehead atoms. The van der Waals surface area contributed by atoms with Crippen molar-refractivity contribution in [3.63, 3.8) is 0 Å². The summed E-state index contributed by atoms with van der Waals surface area (Å²) in [4.78, 5) is 22.0. The third-order valence-corrected chi connectivity index (χ3v) is 5.04. The van der Waals surface area contributed by atoms with Gasteiger partial charge in [-0.25, -0.2) is 18.7 Å². The third-order valence-electron chi connectivity index (χ3n) is 4.79. The van der Waals surface area contributed by atoms with Crippen LogP contribution in [0.3, 0.4) is 0 Å². The van der Waals surface area contributed by atoms with E-state index >= 15 is 0 Å². The van der Waals surface area contributed by atoms with Gasteiger partial charge in [0.1, 0.15) is 0 Å². The lowest BCUT2D eigenvalue weighted by atomic mass is 9.78. The molecule has 0 aliphatic carbocycles. The van der Waals surface area contributed by atoms with E-state index in [2.05, 4.69) is 9.97 Å². The maximum absolute atomic E-state index is 13.4. The summed E-state index contributed by atoms with van der Waals surface area (Å²) in [6.45, 7) is 4.80. The third kappa shape index (κ3) is 2.77. The highest BCUT2D eigenvalue weighted by molar-refractivity contribution is 6.32. The van der Waals surface area contributed by atoms with Crippen LogP contribution < -0.4 is 10.6 Å². The van der Waals surface area contributed by atoms with E-state index in [1.54, 1.807) is 0 Å². The van der Waals surface area contributed by atoms with Crippen LogP contribution >= 0.6 is 11.6 Å². The number of carbonyl (C=O) groups excluding carboxylic acids is 1. The van der Waals surface area contributed by atoms with E-state index in [0.717, 1.165) is 18.6 Å². The lowest BCUT2D eigenvalue weighted by Gasteiger charge is -2.28. The molecule has 2 heterocycles. The van der Waals surface area contributed by atoms with Gasteiger partial charge >= 0.3 is 0 Å². The first-order valence-electron chi connectivity index (χ1n) is 7.57. The van der Waals surface area contributed by atoms with Crippen molar-refractivity contribution in [2.75, 3.05) is 18.0 Å². The molecule has 24 heavy (non-hydrogen) atoms. The molecule has 0 radical (unpaired) electrons. The number of nitrogens with zero attached hydrogens (tertiary/aromatic N) is 3. The van der Waals surface area contributed by atoms with Crippen molar-refractivity contribution in [1.82, 2.24) is 9.97 Å². The Morgan fingerprint density at radius 1 is 1.29 bits per heavy atom. The lowest BCUT2D eigenvalue weighted by molar-refractivity contribution is -0.128. The van der Waals surface area contributed by atoms with Crippen LogP contribution in [0.4, 0.5) is 14.6 Å².